The van der Waals surface area contributed by atoms with Crippen LogP contribution < -0.4 is 5.56 Å². The van der Waals surface area contributed by atoms with E-state index in [-0.39, 0.29) is 5.82 Å². The second-order valence-corrected chi connectivity index (χ2v) is 3.95. The highest BCUT2D eigenvalue weighted by molar-refractivity contribution is 5.67. The molecule has 104 valence electrons. The van der Waals surface area contributed by atoms with Crippen molar-refractivity contribution in [3.63, 3.8) is 0 Å². The van der Waals surface area contributed by atoms with Crippen molar-refractivity contribution < 1.29 is 10.0 Å². The van der Waals surface area contributed by atoms with Crippen LogP contribution in [-0.2, 0) is 0 Å². The van der Waals surface area contributed by atoms with Crippen molar-refractivity contribution in [1.29, 1.82) is 5.26 Å². The fourth-order valence-electron chi connectivity index (χ4n) is 1.56. The van der Waals surface area contributed by atoms with E-state index in [4.69, 9.17) is 5.26 Å². The van der Waals surface area contributed by atoms with Crippen LogP contribution in [-0.4, -0.2) is 20.0 Å². The molecule has 0 bridgehead atoms. The quantitative estimate of drug-likeness (QED) is 0.646. The summed E-state index contributed by atoms with van der Waals surface area (Å²) in [4.78, 5) is 26.7. The zero-order valence-electron chi connectivity index (χ0n) is 10.5. The lowest BCUT2D eigenvalue weighted by molar-refractivity contribution is -0.387. The van der Waals surface area contributed by atoms with Crippen LogP contribution >= 0.6 is 0 Å². The lowest BCUT2D eigenvalue weighted by Gasteiger charge is -1.97. The van der Waals surface area contributed by atoms with Crippen molar-refractivity contribution in [2.45, 2.75) is 0 Å². The zero-order chi connectivity index (χ0) is 15.4. The van der Waals surface area contributed by atoms with E-state index in [2.05, 4.69) is 9.97 Å². The Balaban J connectivity index is 2.31. The highest BCUT2D eigenvalue weighted by Crippen LogP contribution is 2.17. The van der Waals surface area contributed by atoms with Crippen molar-refractivity contribution in [3.8, 4) is 11.9 Å². The zero-order valence-corrected chi connectivity index (χ0v) is 10.5. The van der Waals surface area contributed by atoms with Gasteiger partial charge in [0.05, 0.1) is 16.6 Å². The fourth-order valence-corrected chi connectivity index (χ4v) is 1.56. The molecule has 0 unspecified atom stereocenters. The van der Waals surface area contributed by atoms with Gasteiger partial charge in [0, 0.05) is 0 Å². The van der Waals surface area contributed by atoms with Crippen molar-refractivity contribution in [2.24, 2.45) is 0 Å². The van der Waals surface area contributed by atoms with Gasteiger partial charge in [-0.15, -0.1) is 0 Å². The van der Waals surface area contributed by atoms with Crippen LogP contribution in [0.5, 0.6) is 5.88 Å². The number of aromatic hydroxyl groups is 1. The minimum absolute atomic E-state index is 0.0209. The number of aromatic nitrogens is 2. The summed E-state index contributed by atoms with van der Waals surface area (Å²) >= 11 is 0. The predicted octanol–water partition coefficient (Wildman–Crippen LogP) is 1.43. The lowest BCUT2D eigenvalue weighted by atomic mass is 10.1. The molecule has 1 aromatic heterocycles. The Labute approximate surface area is 117 Å². The predicted molar refractivity (Wildman–Crippen MR) is 73.3 cm³/mol. The second-order valence-electron chi connectivity index (χ2n) is 3.95. The Bertz CT molecular complexity index is 816. The summed E-state index contributed by atoms with van der Waals surface area (Å²) in [5.74, 6) is -0.962. The van der Waals surface area contributed by atoms with Crippen LogP contribution in [0.1, 0.15) is 17.0 Å². The molecule has 2 N–H and O–H groups in total. The molecule has 1 aromatic carbocycles. The van der Waals surface area contributed by atoms with Gasteiger partial charge in [0.1, 0.15) is 5.82 Å². The maximum Gasteiger partial charge on any atom is 0.395 e. The molecule has 0 aliphatic heterocycles. The average Bonchev–Trinajstić information content (AvgIpc) is 2.44. The molecular weight excluding hydrogens is 276 g/mol. The summed E-state index contributed by atoms with van der Waals surface area (Å²) in [6.45, 7) is 0. The van der Waals surface area contributed by atoms with Gasteiger partial charge >= 0.3 is 11.2 Å². The molecule has 0 spiro atoms. The number of hydrogen-bond acceptors (Lipinski definition) is 6. The van der Waals surface area contributed by atoms with Crippen LogP contribution in [0.3, 0.4) is 0 Å². The van der Waals surface area contributed by atoms with Crippen molar-refractivity contribution in [2.75, 3.05) is 0 Å². The van der Waals surface area contributed by atoms with Crippen molar-refractivity contribution >= 4 is 17.8 Å². The molecule has 21 heavy (non-hydrogen) atoms. The van der Waals surface area contributed by atoms with Crippen LogP contribution in [0.2, 0.25) is 0 Å². The number of nitriles is 1. The van der Waals surface area contributed by atoms with Gasteiger partial charge in [-0.25, -0.2) is 0 Å². The Morgan fingerprint density at radius 2 is 2.00 bits per heavy atom. The van der Waals surface area contributed by atoms with Gasteiger partial charge in [0.25, 0.3) is 5.88 Å². The SMILES string of the molecule is N#Cc1ccc(/C=C/c2nc(O)c([N+](=O)[O-])c(=O)[nH]2)cc1. The van der Waals surface area contributed by atoms with Crippen LogP contribution in [0.25, 0.3) is 12.2 Å². The number of nitro groups is 1. The summed E-state index contributed by atoms with van der Waals surface area (Å²) in [6, 6.07) is 8.57. The molecule has 0 fully saturated rings. The minimum atomic E-state index is -1.04. The molecule has 0 amide bonds. The molecule has 0 atom stereocenters. The minimum Gasteiger partial charge on any atom is -0.488 e. The normalized spacial score (nSPS) is 10.4. The number of aromatic amines is 1. The topological polar surface area (TPSA) is 133 Å². The van der Waals surface area contributed by atoms with E-state index in [0.29, 0.717) is 5.56 Å². The van der Waals surface area contributed by atoms with E-state index >= 15 is 0 Å². The molecule has 0 aliphatic carbocycles. The van der Waals surface area contributed by atoms with E-state index in [0.717, 1.165) is 5.56 Å². The first-order chi connectivity index (χ1) is 10.0. The molecule has 2 rings (SSSR count). The van der Waals surface area contributed by atoms with Crippen molar-refractivity contribution in [1.82, 2.24) is 9.97 Å². The molecule has 8 nitrogen and oxygen atoms in total. The van der Waals surface area contributed by atoms with Gasteiger partial charge in [-0.1, -0.05) is 18.2 Å². The molecule has 0 radical (unpaired) electrons. The number of H-pyrrole nitrogens is 1. The molecule has 1 heterocycles. The Kier molecular flexibility index (Phi) is 3.76. The van der Waals surface area contributed by atoms with Gasteiger partial charge in [-0.2, -0.15) is 10.2 Å². The van der Waals surface area contributed by atoms with E-state index in [1.54, 1.807) is 30.3 Å². The highest BCUT2D eigenvalue weighted by Gasteiger charge is 2.21. The first-order valence-electron chi connectivity index (χ1n) is 5.67. The number of nitrogens with zero attached hydrogens (tertiary/aromatic N) is 3. The van der Waals surface area contributed by atoms with Crippen LogP contribution in [0.4, 0.5) is 5.69 Å². The standard InChI is InChI=1S/C13H8N4O4/c14-7-9-3-1-8(2-4-9)5-6-10-15-12(18)11(17(20)21)13(19)16-10/h1-6H,(H2,15,16,18,19)/b6-5+. The molecule has 8 heteroatoms. The summed E-state index contributed by atoms with van der Waals surface area (Å²) in [5, 5.41) is 28.6. The monoisotopic (exact) mass is 284 g/mol. The van der Waals surface area contributed by atoms with E-state index < -0.39 is 22.0 Å². The third-order valence-electron chi connectivity index (χ3n) is 2.55. The number of nitrogens with one attached hydrogen (secondary N) is 1. The third kappa shape index (κ3) is 3.10. The summed E-state index contributed by atoms with van der Waals surface area (Å²) in [6.07, 6.45) is 2.96. The van der Waals surface area contributed by atoms with Crippen molar-refractivity contribution in [3.05, 3.63) is 61.7 Å². The van der Waals surface area contributed by atoms with Gasteiger partial charge in [0.15, 0.2) is 0 Å². The summed E-state index contributed by atoms with van der Waals surface area (Å²) in [5.41, 5.74) is -0.793. The van der Waals surface area contributed by atoms with Gasteiger partial charge < -0.3 is 10.1 Å². The molecular formula is C13H8N4O4. The summed E-state index contributed by atoms with van der Waals surface area (Å²) in [7, 11) is 0. The Morgan fingerprint density at radius 3 is 2.52 bits per heavy atom. The first-order valence-corrected chi connectivity index (χ1v) is 5.67. The summed E-state index contributed by atoms with van der Waals surface area (Å²) < 4.78 is 0. The molecule has 0 saturated carbocycles. The number of rotatable bonds is 3. The van der Waals surface area contributed by atoms with Gasteiger partial charge in [-0.05, 0) is 23.8 Å². The molecule has 0 aliphatic rings. The second kappa shape index (κ2) is 5.66. The smallest absolute Gasteiger partial charge is 0.395 e. The van der Waals surface area contributed by atoms with E-state index in [1.165, 1.54) is 6.08 Å². The van der Waals surface area contributed by atoms with E-state index in [1.807, 2.05) is 6.07 Å². The van der Waals surface area contributed by atoms with Crippen LogP contribution in [0, 0.1) is 21.4 Å². The van der Waals surface area contributed by atoms with E-state index in [9.17, 15) is 20.0 Å². The highest BCUT2D eigenvalue weighted by atomic mass is 16.6. The Morgan fingerprint density at radius 1 is 1.33 bits per heavy atom. The van der Waals surface area contributed by atoms with Crippen LogP contribution in [0.15, 0.2) is 29.1 Å². The maximum absolute atomic E-state index is 11.4. The maximum atomic E-state index is 11.4. The third-order valence-corrected chi connectivity index (χ3v) is 2.55. The molecule has 2 aromatic rings. The molecule has 0 saturated heterocycles. The number of benzene rings is 1. The lowest BCUT2D eigenvalue weighted by Crippen LogP contribution is -2.14. The largest absolute Gasteiger partial charge is 0.488 e. The number of hydrogen-bond donors (Lipinski definition) is 2. The fraction of sp³-hybridized carbons (Fsp3) is 0. The van der Waals surface area contributed by atoms with Gasteiger partial charge in [-0.3, -0.25) is 14.9 Å². The average molecular weight is 284 g/mol. The Hall–Kier alpha value is -3.47. The first kappa shape index (κ1) is 14.0. The van der Waals surface area contributed by atoms with Gasteiger partial charge in [0.2, 0.25) is 0 Å².